The molecule has 3 aromatic rings. The average Bonchev–Trinajstić information content (AvgIpc) is 3.37. The van der Waals surface area contributed by atoms with Crippen LogP contribution in [0.1, 0.15) is 16.7 Å². The minimum atomic E-state index is 0.284. The van der Waals surface area contributed by atoms with Gasteiger partial charge in [-0.15, -0.1) is 0 Å². The Morgan fingerprint density at radius 3 is 1.60 bits per heavy atom. The molecular weight excluding hydrogens is 608 g/mol. The van der Waals surface area contributed by atoms with Gasteiger partial charge >= 0.3 is 0 Å². The van der Waals surface area contributed by atoms with Gasteiger partial charge in [-0.05, 0) is 99.6 Å². The molecule has 0 atom stereocenters. The van der Waals surface area contributed by atoms with Crippen molar-refractivity contribution in [2.45, 2.75) is 20.0 Å². The van der Waals surface area contributed by atoms with Crippen molar-refractivity contribution in [3.8, 4) is 23.0 Å². The first-order valence-electron chi connectivity index (χ1n) is 9.54. The fourth-order valence-corrected chi connectivity index (χ4v) is 4.78. The summed E-state index contributed by atoms with van der Waals surface area (Å²) in [6.07, 6.45) is 0. The number of anilines is 1. The number of aryl methyl sites for hydroxylation is 1. The molecule has 0 fully saturated rings. The van der Waals surface area contributed by atoms with E-state index in [9.17, 15) is 0 Å². The van der Waals surface area contributed by atoms with E-state index in [1.54, 1.807) is 0 Å². The van der Waals surface area contributed by atoms with E-state index in [0.29, 0.717) is 0 Å². The zero-order valence-corrected chi connectivity index (χ0v) is 20.6. The Hall–Kier alpha value is -1.88. The summed E-state index contributed by atoms with van der Waals surface area (Å²) in [6.45, 7) is 4.18. The molecule has 5 nitrogen and oxygen atoms in total. The Kier molecular flexibility index (Phi) is 5.57. The first kappa shape index (κ1) is 20.0. The maximum Gasteiger partial charge on any atom is 0.231 e. The zero-order valence-electron chi connectivity index (χ0n) is 16.3. The SMILES string of the molecule is Cc1ccc(N(Cc2cc3c(cc2I)OCO3)Cc2cc3c(cc2I)OCO3)cc1. The predicted octanol–water partition coefficient (Wildman–Crippen LogP) is 5.87. The number of hydrogen-bond acceptors (Lipinski definition) is 5. The number of ether oxygens (including phenoxy) is 4. The van der Waals surface area contributed by atoms with Crippen LogP contribution in [0.2, 0.25) is 0 Å². The summed E-state index contributed by atoms with van der Waals surface area (Å²) in [5.74, 6) is 3.25. The Balaban J connectivity index is 1.49. The monoisotopic (exact) mass is 627 g/mol. The van der Waals surface area contributed by atoms with Crippen molar-refractivity contribution in [2.24, 2.45) is 0 Å². The number of rotatable bonds is 5. The van der Waals surface area contributed by atoms with Crippen molar-refractivity contribution >= 4 is 50.9 Å². The van der Waals surface area contributed by atoms with Crippen molar-refractivity contribution in [3.63, 3.8) is 0 Å². The van der Waals surface area contributed by atoms with Gasteiger partial charge < -0.3 is 23.8 Å². The molecule has 154 valence electrons. The Morgan fingerprint density at radius 1 is 0.700 bits per heavy atom. The van der Waals surface area contributed by atoms with Gasteiger partial charge in [0, 0.05) is 25.9 Å². The van der Waals surface area contributed by atoms with Gasteiger partial charge in [0.1, 0.15) is 0 Å². The van der Waals surface area contributed by atoms with Crippen LogP contribution >= 0.6 is 45.2 Å². The van der Waals surface area contributed by atoms with Gasteiger partial charge in [-0.1, -0.05) is 17.7 Å². The van der Waals surface area contributed by atoms with Gasteiger partial charge in [-0.3, -0.25) is 0 Å². The molecule has 0 amide bonds. The molecule has 0 saturated heterocycles. The van der Waals surface area contributed by atoms with Gasteiger partial charge in [0.15, 0.2) is 23.0 Å². The van der Waals surface area contributed by atoms with E-state index in [2.05, 4.69) is 106 Å². The molecule has 3 aromatic carbocycles. The lowest BCUT2D eigenvalue weighted by Crippen LogP contribution is -2.23. The third-order valence-electron chi connectivity index (χ3n) is 5.20. The molecular formula is C23H19I2NO4. The molecule has 2 aliphatic heterocycles. The molecule has 2 heterocycles. The normalized spacial score (nSPS) is 13.6. The van der Waals surface area contributed by atoms with Crippen molar-refractivity contribution < 1.29 is 18.9 Å². The Bertz CT molecular complexity index is 1040. The van der Waals surface area contributed by atoms with Crippen molar-refractivity contribution in [1.82, 2.24) is 0 Å². The number of fused-ring (bicyclic) bond motifs is 2. The van der Waals surface area contributed by atoms with Crippen molar-refractivity contribution in [1.29, 1.82) is 0 Å². The Morgan fingerprint density at radius 2 is 1.13 bits per heavy atom. The maximum absolute atomic E-state index is 5.61. The quantitative estimate of drug-likeness (QED) is 0.332. The van der Waals surface area contributed by atoms with E-state index in [1.807, 2.05) is 0 Å². The van der Waals surface area contributed by atoms with Gasteiger partial charge in [-0.25, -0.2) is 0 Å². The second-order valence-corrected chi connectivity index (χ2v) is 9.61. The second-order valence-electron chi connectivity index (χ2n) is 7.29. The topological polar surface area (TPSA) is 40.2 Å². The average molecular weight is 627 g/mol. The van der Waals surface area contributed by atoms with Crippen LogP contribution in [0.3, 0.4) is 0 Å². The first-order chi connectivity index (χ1) is 14.6. The highest BCUT2D eigenvalue weighted by molar-refractivity contribution is 14.1. The molecule has 0 radical (unpaired) electrons. The second kappa shape index (κ2) is 8.33. The van der Waals surface area contributed by atoms with Crippen LogP contribution in [0.4, 0.5) is 5.69 Å². The van der Waals surface area contributed by atoms with E-state index >= 15 is 0 Å². The predicted molar refractivity (Wildman–Crippen MR) is 132 cm³/mol. The van der Waals surface area contributed by atoms with Crippen molar-refractivity contribution in [3.05, 3.63) is 72.4 Å². The van der Waals surface area contributed by atoms with E-state index in [4.69, 9.17) is 18.9 Å². The number of nitrogens with zero attached hydrogens (tertiary/aromatic N) is 1. The summed E-state index contributed by atoms with van der Waals surface area (Å²) in [5, 5.41) is 0. The van der Waals surface area contributed by atoms with Crippen LogP contribution in [0.15, 0.2) is 48.5 Å². The zero-order chi connectivity index (χ0) is 20.7. The van der Waals surface area contributed by atoms with E-state index in [1.165, 1.54) is 22.4 Å². The van der Waals surface area contributed by atoms with Crippen LogP contribution < -0.4 is 23.8 Å². The Labute approximate surface area is 202 Å². The van der Waals surface area contributed by atoms with Gasteiger partial charge in [0.05, 0.1) is 0 Å². The molecule has 0 unspecified atom stereocenters. The molecule has 0 spiro atoms. The highest BCUT2D eigenvalue weighted by Gasteiger charge is 2.21. The third-order valence-corrected chi connectivity index (χ3v) is 7.21. The molecule has 0 aromatic heterocycles. The van der Waals surface area contributed by atoms with Crippen LogP contribution in [-0.4, -0.2) is 13.6 Å². The molecule has 0 aliphatic carbocycles. The van der Waals surface area contributed by atoms with E-state index < -0.39 is 0 Å². The fraction of sp³-hybridized carbons (Fsp3) is 0.217. The van der Waals surface area contributed by atoms with Gasteiger partial charge in [-0.2, -0.15) is 0 Å². The molecule has 0 saturated carbocycles. The standard InChI is InChI=1S/C23H19I2NO4/c1-14-2-4-17(5-3-14)26(10-15-6-20-22(8-18(15)24)29-12-27-20)11-16-7-21-23(9-19(16)25)30-13-28-21/h2-9H,10-13H2,1H3. The maximum atomic E-state index is 5.61. The summed E-state index contributed by atoms with van der Waals surface area (Å²) in [4.78, 5) is 2.37. The lowest BCUT2D eigenvalue weighted by Gasteiger charge is -2.26. The number of hydrogen-bond donors (Lipinski definition) is 0. The summed E-state index contributed by atoms with van der Waals surface area (Å²) >= 11 is 4.75. The van der Waals surface area contributed by atoms with Crippen molar-refractivity contribution in [2.75, 3.05) is 18.5 Å². The van der Waals surface area contributed by atoms with Gasteiger partial charge in [0.2, 0.25) is 13.6 Å². The minimum absolute atomic E-state index is 0.284. The lowest BCUT2D eigenvalue weighted by atomic mass is 10.1. The minimum Gasteiger partial charge on any atom is -0.454 e. The first-order valence-corrected chi connectivity index (χ1v) is 11.7. The number of halogens is 2. The van der Waals surface area contributed by atoms with Crippen LogP contribution in [-0.2, 0) is 13.1 Å². The van der Waals surface area contributed by atoms with E-state index in [-0.39, 0.29) is 13.6 Å². The molecule has 5 rings (SSSR count). The highest BCUT2D eigenvalue weighted by atomic mass is 127. The summed E-state index contributed by atoms with van der Waals surface area (Å²) in [5.41, 5.74) is 4.82. The molecule has 2 aliphatic rings. The smallest absolute Gasteiger partial charge is 0.231 e. The molecule has 0 bridgehead atoms. The number of benzene rings is 3. The largest absolute Gasteiger partial charge is 0.454 e. The van der Waals surface area contributed by atoms with Crippen LogP contribution in [0.5, 0.6) is 23.0 Å². The van der Waals surface area contributed by atoms with E-state index in [0.717, 1.165) is 43.2 Å². The lowest BCUT2D eigenvalue weighted by molar-refractivity contribution is 0.173. The fourth-order valence-electron chi connectivity index (χ4n) is 3.57. The van der Waals surface area contributed by atoms with Crippen LogP contribution in [0, 0.1) is 14.1 Å². The summed E-state index contributed by atoms with van der Waals surface area (Å²) in [7, 11) is 0. The molecule has 7 heteroatoms. The molecule has 0 N–H and O–H groups in total. The van der Waals surface area contributed by atoms with Gasteiger partial charge in [0.25, 0.3) is 0 Å². The third kappa shape index (κ3) is 4.01. The summed E-state index contributed by atoms with van der Waals surface area (Å²) in [6, 6.07) is 16.9. The summed E-state index contributed by atoms with van der Waals surface area (Å²) < 4.78 is 24.6. The van der Waals surface area contributed by atoms with Crippen LogP contribution in [0.25, 0.3) is 0 Å². The highest BCUT2D eigenvalue weighted by Crippen LogP contribution is 2.38. The molecule has 30 heavy (non-hydrogen) atoms.